The van der Waals surface area contributed by atoms with Gasteiger partial charge in [-0.3, -0.25) is 5.10 Å². The van der Waals surface area contributed by atoms with Crippen LogP contribution in [0.4, 0.5) is 5.95 Å². The summed E-state index contributed by atoms with van der Waals surface area (Å²) in [6, 6.07) is 3.90. The third kappa shape index (κ3) is 2.03. The molecule has 0 amide bonds. The largest absolute Gasteiger partial charge is 0.461 e. The first-order valence-electron chi connectivity index (χ1n) is 5.80. The van der Waals surface area contributed by atoms with Crippen LogP contribution in [0.15, 0.2) is 22.8 Å². The third-order valence-electron chi connectivity index (χ3n) is 2.97. The summed E-state index contributed by atoms with van der Waals surface area (Å²) < 4.78 is 5.26. The zero-order valence-electron chi connectivity index (χ0n) is 9.47. The molecule has 1 aliphatic heterocycles. The third-order valence-corrected chi connectivity index (χ3v) is 2.97. The number of rotatable bonds is 2. The van der Waals surface area contributed by atoms with Crippen molar-refractivity contribution in [3.8, 4) is 11.6 Å². The molecule has 0 spiro atoms. The van der Waals surface area contributed by atoms with Crippen molar-refractivity contribution in [3.05, 3.63) is 18.4 Å². The molecule has 1 unspecified atom stereocenters. The normalized spacial score (nSPS) is 20.8. The summed E-state index contributed by atoms with van der Waals surface area (Å²) in [4.78, 5) is 6.53. The summed E-state index contributed by atoms with van der Waals surface area (Å²) in [6.07, 6.45) is 3.78. The number of anilines is 1. The zero-order valence-corrected chi connectivity index (χ0v) is 9.47. The van der Waals surface area contributed by atoms with E-state index in [1.165, 1.54) is 0 Å². The maximum Gasteiger partial charge on any atom is 0.245 e. The molecule has 0 aliphatic carbocycles. The summed E-state index contributed by atoms with van der Waals surface area (Å²) in [7, 11) is 0. The first-order chi connectivity index (χ1) is 8.33. The van der Waals surface area contributed by atoms with Gasteiger partial charge in [-0.2, -0.15) is 4.98 Å². The number of aromatic nitrogens is 3. The summed E-state index contributed by atoms with van der Waals surface area (Å²) in [5.74, 6) is 2.06. The van der Waals surface area contributed by atoms with Gasteiger partial charge in [0.2, 0.25) is 5.95 Å². The Labute approximate surface area is 98.8 Å². The Bertz CT molecular complexity index is 478. The van der Waals surface area contributed by atoms with Crippen molar-refractivity contribution in [3.63, 3.8) is 0 Å². The standard InChI is InChI=1S/C11H15N5O/c12-8-3-1-5-16(7-8)11-13-10(14-15-11)9-4-2-6-17-9/h2,4,6,8H,1,3,5,7,12H2,(H,13,14,15). The molecule has 1 fully saturated rings. The second kappa shape index (κ2) is 4.21. The number of furan rings is 1. The minimum atomic E-state index is 0.217. The van der Waals surface area contributed by atoms with Gasteiger partial charge in [0.1, 0.15) is 0 Å². The molecule has 2 aromatic heterocycles. The van der Waals surface area contributed by atoms with Gasteiger partial charge >= 0.3 is 0 Å². The van der Waals surface area contributed by atoms with E-state index in [0.29, 0.717) is 17.5 Å². The van der Waals surface area contributed by atoms with Gasteiger partial charge in [0.15, 0.2) is 11.6 Å². The van der Waals surface area contributed by atoms with Crippen LogP contribution in [0.3, 0.4) is 0 Å². The lowest BCUT2D eigenvalue weighted by Gasteiger charge is -2.29. The van der Waals surface area contributed by atoms with E-state index in [9.17, 15) is 0 Å². The number of H-pyrrole nitrogens is 1. The summed E-state index contributed by atoms with van der Waals surface area (Å²) in [5.41, 5.74) is 5.94. The Morgan fingerprint density at radius 3 is 3.24 bits per heavy atom. The molecule has 1 aliphatic rings. The minimum absolute atomic E-state index is 0.217. The molecule has 3 heterocycles. The van der Waals surface area contributed by atoms with Gasteiger partial charge in [-0.15, -0.1) is 5.10 Å². The summed E-state index contributed by atoms with van der Waals surface area (Å²) >= 11 is 0. The van der Waals surface area contributed by atoms with E-state index in [2.05, 4.69) is 20.1 Å². The molecule has 0 bridgehead atoms. The van der Waals surface area contributed by atoms with Crippen LogP contribution in [0, 0.1) is 0 Å². The number of nitrogens with zero attached hydrogens (tertiary/aromatic N) is 3. The molecule has 3 N–H and O–H groups in total. The molecular weight excluding hydrogens is 218 g/mol. The van der Waals surface area contributed by atoms with Crippen LogP contribution in [-0.4, -0.2) is 34.3 Å². The lowest BCUT2D eigenvalue weighted by Crippen LogP contribution is -2.43. The Kier molecular flexibility index (Phi) is 2.56. The van der Waals surface area contributed by atoms with Crippen LogP contribution >= 0.6 is 0 Å². The van der Waals surface area contributed by atoms with Gasteiger partial charge in [0.05, 0.1) is 6.26 Å². The van der Waals surface area contributed by atoms with Crippen molar-refractivity contribution in [2.24, 2.45) is 5.73 Å². The average Bonchev–Trinajstić information content (AvgIpc) is 3.00. The predicted molar refractivity (Wildman–Crippen MR) is 63.5 cm³/mol. The molecule has 3 rings (SSSR count). The van der Waals surface area contributed by atoms with Crippen molar-refractivity contribution in [1.82, 2.24) is 15.2 Å². The van der Waals surface area contributed by atoms with Crippen molar-refractivity contribution in [2.75, 3.05) is 18.0 Å². The van der Waals surface area contributed by atoms with Gasteiger partial charge in [-0.1, -0.05) is 0 Å². The summed E-state index contributed by atoms with van der Waals surface area (Å²) in [5, 5.41) is 7.09. The maximum absolute atomic E-state index is 5.94. The Balaban J connectivity index is 1.80. The average molecular weight is 233 g/mol. The van der Waals surface area contributed by atoms with Gasteiger partial charge in [0.25, 0.3) is 0 Å². The SMILES string of the molecule is NC1CCCN(c2n[nH]c(-c3ccco3)n2)C1. The van der Waals surface area contributed by atoms with Crippen LogP contribution < -0.4 is 10.6 Å². The van der Waals surface area contributed by atoms with E-state index in [0.717, 1.165) is 25.9 Å². The Morgan fingerprint density at radius 2 is 2.47 bits per heavy atom. The molecule has 0 aromatic carbocycles. The highest BCUT2D eigenvalue weighted by atomic mass is 16.3. The number of nitrogens with one attached hydrogen (secondary N) is 1. The first-order valence-corrected chi connectivity index (χ1v) is 5.80. The maximum atomic E-state index is 5.94. The zero-order chi connectivity index (χ0) is 11.7. The van der Waals surface area contributed by atoms with Crippen LogP contribution in [0.25, 0.3) is 11.6 Å². The van der Waals surface area contributed by atoms with Gasteiger partial charge in [-0.05, 0) is 25.0 Å². The second-order valence-corrected chi connectivity index (χ2v) is 4.31. The highest BCUT2D eigenvalue weighted by Gasteiger charge is 2.20. The van der Waals surface area contributed by atoms with Crippen molar-refractivity contribution < 1.29 is 4.42 Å². The molecule has 6 heteroatoms. The predicted octanol–water partition coefficient (Wildman–Crippen LogP) is 0.992. The quantitative estimate of drug-likeness (QED) is 0.808. The van der Waals surface area contributed by atoms with Crippen LogP contribution in [-0.2, 0) is 0 Å². The van der Waals surface area contributed by atoms with Crippen molar-refractivity contribution in [1.29, 1.82) is 0 Å². The lowest BCUT2D eigenvalue weighted by atomic mass is 10.1. The second-order valence-electron chi connectivity index (χ2n) is 4.31. The van der Waals surface area contributed by atoms with Gasteiger partial charge in [0, 0.05) is 19.1 Å². The topological polar surface area (TPSA) is 84.0 Å². The molecule has 90 valence electrons. The molecule has 6 nitrogen and oxygen atoms in total. The van der Waals surface area contributed by atoms with Gasteiger partial charge in [-0.25, -0.2) is 0 Å². The molecule has 2 aromatic rings. The highest BCUT2D eigenvalue weighted by molar-refractivity contribution is 5.49. The fourth-order valence-electron chi connectivity index (χ4n) is 2.11. The van der Waals surface area contributed by atoms with E-state index in [-0.39, 0.29) is 6.04 Å². The lowest BCUT2D eigenvalue weighted by molar-refractivity contribution is 0.500. The van der Waals surface area contributed by atoms with Crippen LogP contribution in [0.1, 0.15) is 12.8 Å². The number of nitrogens with two attached hydrogens (primary N) is 1. The molecule has 1 atom stereocenters. The van der Waals surface area contributed by atoms with E-state index in [4.69, 9.17) is 10.2 Å². The number of hydrogen-bond acceptors (Lipinski definition) is 5. The smallest absolute Gasteiger partial charge is 0.245 e. The van der Waals surface area contributed by atoms with E-state index >= 15 is 0 Å². The number of aromatic amines is 1. The first kappa shape index (κ1) is 10.3. The van der Waals surface area contributed by atoms with Crippen molar-refractivity contribution >= 4 is 5.95 Å². The molecule has 0 radical (unpaired) electrons. The minimum Gasteiger partial charge on any atom is -0.461 e. The van der Waals surface area contributed by atoms with Gasteiger partial charge < -0.3 is 15.1 Å². The number of hydrogen-bond donors (Lipinski definition) is 2. The molecule has 1 saturated heterocycles. The molecule has 0 saturated carbocycles. The summed E-state index contributed by atoms with van der Waals surface area (Å²) in [6.45, 7) is 1.78. The van der Waals surface area contributed by atoms with E-state index < -0.39 is 0 Å². The van der Waals surface area contributed by atoms with Crippen molar-refractivity contribution in [2.45, 2.75) is 18.9 Å². The molecule has 17 heavy (non-hydrogen) atoms. The fraction of sp³-hybridized carbons (Fsp3) is 0.455. The number of piperidine rings is 1. The van der Waals surface area contributed by atoms with Crippen LogP contribution in [0.5, 0.6) is 0 Å². The monoisotopic (exact) mass is 233 g/mol. The molecular formula is C11H15N5O. The highest BCUT2D eigenvalue weighted by Crippen LogP contribution is 2.20. The Morgan fingerprint density at radius 1 is 1.53 bits per heavy atom. The van der Waals surface area contributed by atoms with Crippen LogP contribution in [0.2, 0.25) is 0 Å². The fourth-order valence-corrected chi connectivity index (χ4v) is 2.11. The van der Waals surface area contributed by atoms with E-state index in [1.807, 2.05) is 12.1 Å². The Hall–Kier alpha value is -1.82. The van der Waals surface area contributed by atoms with E-state index in [1.54, 1.807) is 6.26 Å².